The normalized spacial score (nSPS) is 16.4. The number of carbonyl (C=O) groups excluding carboxylic acids is 1. The second-order valence-electron chi connectivity index (χ2n) is 6.43. The van der Waals surface area contributed by atoms with Crippen molar-refractivity contribution in [2.75, 3.05) is 31.1 Å². The van der Waals surface area contributed by atoms with Gasteiger partial charge in [0.2, 0.25) is 5.91 Å². The summed E-state index contributed by atoms with van der Waals surface area (Å²) in [4.78, 5) is 26.7. The van der Waals surface area contributed by atoms with Crippen LogP contribution in [-0.4, -0.2) is 54.0 Å². The zero-order chi connectivity index (χ0) is 18.6. The van der Waals surface area contributed by atoms with Crippen LogP contribution in [-0.2, 0) is 4.79 Å². The molecule has 1 saturated heterocycles. The number of nitro benzene ring substituents is 1. The molecule has 1 aromatic carbocycles. The molecule has 0 saturated carbocycles. The smallest absolute Gasteiger partial charge is 0.287 e. The molecule has 1 fully saturated rings. The van der Waals surface area contributed by atoms with E-state index in [1.807, 2.05) is 26.8 Å². The Labute approximate surface area is 147 Å². The average molecular weight is 345 g/mol. The summed E-state index contributed by atoms with van der Waals surface area (Å²) in [6, 6.07) is 6.40. The van der Waals surface area contributed by atoms with E-state index in [1.165, 1.54) is 6.07 Å². The van der Waals surface area contributed by atoms with Crippen molar-refractivity contribution in [1.29, 1.82) is 5.26 Å². The lowest BCUT2D eigenvalue weighted by Crippen LogP contribution is -2.54. The van der Waals surface area contributed by atoms with Crippen LogP contribution in [0.15, 0.2) is 18.2 Å². The van der Waals surface area contributed by atoms with E-state index in [9.17, 15) is 14.9 Å². The van der Waals surface area contributed by atoms with Gasteiger partial charge in [-0.15, -0.1) is 0 Å². The standard InChI is InChI=1S/C17H23N5O3/c1-12(2)19-17(23)13(3)20-6-8-21(9-7-20)15-4-5-16(22(24)25)14(10-15)11-18/h4-5,10,12-13H,6-9H2,1-3H3,(H,19,23)/t13-/m1/s1. The largest absolute Gasteiger partial charge is 0.369 e. The summed E-state index contributed by atoms with van der Waals surface area (Å²) < 4.78 is 0. The Balaban J connectivity index is 2.02. The molecule has 8 nitrogen and oxygen atoms in total. The average Bonchev–Trinajstić information content (AvgIpc) is 2.59. The number of nitro groups is 1. The molecule has 1 aromatic rings. The number of benzene rings is 1. The molecule has 0 spiro atoms. The van der Waals surface area contributed by atoms with Gasteiger partial charge >= 0.3 is 0 Å². The van der Waals surface area contributed by atoms with Crippen LogP contribution in [0.25, 0.3) is 0 Å². The van der Waals surface area contributed by atoms with Crippen molar-refractivity contribution in [2.45, 2.75) is 32.9 Å². The minimum absolute atomic E-state index is 0.0190. The first-order valence-corrected chi connectivity index (χ1v) is 8.31. The lowest BCUT2D eigenvalue weighted by Gasteiger charge is -2.38. The third-order valence-electron chi connectivity index (χ3n) is 4.33. The lowest BCUT2D eigenvalue weighted by molar-refractivity contribution is -0.385. The molecule has 2 rings (SSSR count). The Morgan fingerprint density at radius 1 is 1.28 bits per heavy atom. The predicted octanol–water partition coefficient (Wildman–Crippen LogP) is 1.50. The zero-order valence-electron chi connectivity index (χ0n) is 14.7. The number of hydrogen-bond acceptors (Lipinski definition) is 6. The highest BCUT2D eigenvalue weighted by Gasteiger charge is 2.26. The maximum atomic E-state index is 12.1. The van der Waals surface area contributed by atoms with Crippen molar-refractivity contribution in [1.82, 2.24) is 10.2 Å². The Bertz CT molecular complexity index is 690. The monoisotopic (exact) mass is 345 g/mol. The SMILES string of the molecule is CC(C)NC(=O)[C@@H](C)N1CCN(c2ccc([N+](=O)[O-])c(C#N)c2)CC1. The third-order valence-corrected chi connectivity index (χ3v) is 4.33. The number of piperazine rings is 1. The van der Waals surface area contributed by atoms with Gasteiger partial charge in [-0.3, -0.25) is 19.8 Å². The van der Waals surface area contributed by atoms with Crippen LogP contribution in [0.2, 0.25) is 0 Å². The topological polar surface area (TPSA) is 103 Å². The summed E-state index contributed by atoms with van der Waals surface area (Å²) in [6.45, 7) is 8.59. The molecule has 134 valence electrons. The second kappa shape index (κ2) is 7.94. The van der Waals surface area contributed by atoms with Crippen molar-refractivity contribution >= 4 is 17.3 Å². The molecule has 1 aliphatic rings. The first kappa shape index (κ1) is 18.7. The number of nitrogens with one attached hydrogen (secondary N) is 1. The van der Waals surface area contributed by atoms with Crippen molar-refractivity contribution in [3.8, 4) is 6.07 Å². The van der Waals surface area contributed by atoms with E-state index in [0.29, 0.717) is 26.2 Å². The van der Waals surface area contributed by atoms with Gasteiger partial charge in [0, 0.05) is 44.0 Å². The van der Waals surface area contributed by atoms with Crippen LogP contribution in [0.3, 0.4) is 0 Å². The number of nitrogens with zero attached hydrogens (tertiary/aromatic N) is 4. The summed E-state index contributed by atoms with van der Waals surface area (Å²) in [5.74, 6) is 0.0190. The number of hydrogen-bond donors (Lipinski definition) is 1. The fourth-order valence-corrected chi connectivity index (χ4v) is 2.91. The molecular formula is C17H23N5O3. The Morgan fingerprint density at radius 2 is 1.92 bits per heavy atom. The van der Waals surface area contributed by atoms with Crippen LogP contribution in [0.1, 0.15) is 26.3 Å². The third kappa shape index (κ3) is 4.45. The predicted molar refractivity (Wildman–Crippen MR) is 94.3 cm³/mol. The van der Waals surface area contributed by atoms with Crippen LogP contribution in [0.5, 0.6) is 0 Å². The Kier molecular flexibility index (Phi) is 5.93. The van der Waals surface area contributed by atoms with Gasteiger partial charge in [0.25, 0.3) is 5.69 Å². The van der Waals surface area contributed by atoms with Crippen molar-refractivity contribution in [3.05, 3.63) is 33.9 Å². The summed E-state index contributed by atoms with van der Waals surface area (Å²) in [7, 11) is 0. The molecule has 1 atom stereocenters. The Hall–Kier alpha value is -2.66. The fourth-order valence-electron chi connectivity index (χ4n) is 2.91. The number of rotatable bonds is 5. The van der Waals surface area contributed by atoms with Crippen molar-refractivity contribution < 1.29 is 9.72 Å². The summed E-state index contributed by atoms with van der Waals surface area (Å²) in [5.41, 5.74) is 0.680. The van der Waals surface area contributed by atoms with Crippen LogP contribution < -0.4 is 10.2 Å². The summed E-state index contributed by atoms with van der Waals surface area (Å²) in [6.07, 6.45) is 0. The highest BCUT2D eigenvalue weighted by atomic mass is 16.6. The maximum absolute atomic E-state index is 12.1. The first-order chi connectivity index (χ1) is 11.8. The van der Waals surface area contributed by atoms with Gasteiger partial charge in [0.1, 0.15) is 11.6 Å². The zero-order valence-corrected chi connectivity index (χ0v) is 14.7. The highest BCUT2D eigenvalue weighted by Crippen LogP contribution is 2.25. The molecule has 0 aliphatic carbocycles. The van der Waals surface area contributed by atoms with Gasteiger partial charge in [-0.1, -0.05) is 0 Å². The van der Waals surface area contributed by atoms with Crippen LogP contribution >= 0.6 is 0 Å². The molecule has 1 amide bonds. The summed E-state index contributed by atoms with van der Waals surface area (Å²) in [5, 5.41) is 23.0. The molecule has 1 N–H and O–H groups in total. The molecule has 0 unspecified atom stereocenters. The maximum Gasteiger partial charge on any atom is 0.287 e. The minimum atomic E-state index is -0.546. The first-order valence-electron chi connectivity index (χ1n) is 8.31. The second-order valence-corrected chi connectivity index (χ2v) is 6.43. The van der Waals surface area contributed by atoms with Crippen LogP contribution in [0.4, 0.5) is 11.4 Å². The summed E-state index contributed by atoms with van der Waals surface area (Å²) >= 11 is 0. The van der Waals surface area contributed by atoms with Crippen molar-refractivity contribution in [2.24, 2.45) is 0 Å². The molecule has 1 heterocycles. The van der Waals surface area contributed by atoms with E-state index < -0.39 is 4.92 Å². The number of nitriles is 1. The van der Waals surface area contributed by atoms with Gasteiger partial charge < -0.3 is 10.2 Å². The van der Waals surface area contributed by atoms with Gasteiger partial charge in [0.05, 0.1) is 11.0 Å². The van der Waals surface area contributed by atoms with Gasteiger partial charge in [-0.2, -0.15) is 5.26 Å². The van der Waals surface area contributed by atoms with Gasteiger partial charge in [0.15, 0.2) is 0 Å². The Morgan fingerprint density at radius 3 is 2.44 bits per heavy atom. The van der Waals surface area contributed by atoms with E-state index in [1.54, 1.807) is 12.1 Å². The molecule has 0 bridgehead atoms. The molecule has 0 radical (unpaired) electrons. The lowest BCUT2D eigenvalue weighted by atomic mass is 10.1. The number of amides is 1. The molecule has 1 aliphatic heterocycles. The molecular weight excluding hydrogens is 322 g/mol. The van der Waals surface area contributed by atoms with E-state index >= 15 is 0 Å². The van der Waals surface area contributed by atoms with Gasteiger partial charge in [-0.25, -0.2) is 0 Å². The van der Waals surface area contributed by atoms with Crippen LogP contribution in [0, 0.1) is 21.4 Å². The molecule has 25 heavy (non-hydrogen) atoms. The van der Waals surface area contributed by atoms with Crippen molar-refractivity contribution in [3.63, 3.8) is 0 Å². The number of carbonyl (C=O) groups is 1. The van der Waals surface area contributed by atoms with E-state index in [-0.39, 0.29) is 29.2 Å². The highest BCUT2D eigenvalue weighted by molar-refractivity contribution is 5.81. The molecule has 0 aromatic heterocycles. The molecule has 8 heteroatoms. The minimum Gasteiger partial charge on any atom is -0.369 e. The number of anilines is 1. The van der Waals surface area contributed by atoms with E-state index in [2.05, 4.69) is 15.1 Å². The fraction of sp³-hybridized carbons (Fsp3) is 0.529. The quantitative estimate of drug-likeness (QED) is 0.641. The van der Waals surface area contributed by atoms with Gasteiger partial charge in [-0.05, 0) is 32.9 Å². The van der Waals surface area contributed by atoms with E-state index in [0.717, 1.165) is 5.69 Å². The van der Waals surface area contributed by atoms with E-state index in [4.69, 9.17) is 5.26 Å².